The maximum atomic E-state index is 12.7. The Morgan fingerprint density at radius 1 is 1.15 bits per heavy atom. The van der Waals surface area contributed by atoms with Gasteiger partial charge in [0.1, 0.15) is 5.69 Å². The monoisotopic (exact) mass is 364 g/mol. The zero-order valence-electron chi connectivity index (χ0n) is 16.0. The number of aryl methyl sites for hydroxylation is 2. The molecule has 7 heteroatoms. The number of amides is 1. The number of fused-ring (bicyclic) bond motifs is 1. The van der Waals surface area contributed by atoms with Crippen LogP contribution in [-0.4, -0.2) is 56.5 Å². The highest BCUT2D eigenvalue weighted by molar-refractivity contribution is 5.92. The van der Waals surface area contributed by atoms with Crippen molar-refractivity contribution in [1.82, 2.24) is 24.4 Å². The van der Waals surface area contributed by atoms with E-state index in [0.717, 1.165) is 48.5 Å². The summed E-state index contributed by atoms with van der Waals surface area (Å²) in [5, 5.41) is 0. The molecule has 3 heterocycles. The van der Waals surface area contributed by atoms with Crippen LogP contribution in [0.4, 0.5) is 5.82 Å². The number of benzene rings is 1. The Morgan fingerprint density at radius 2 is 1.81 bits per heavy atom. The van der Waals surface area contributed by atoms with Gasteiger partial charge in [-0.3, -0.25) is 4.79 Å². The van der Waals surface area contributed by atoms with E-state index in [4.69, 9.17) is 9.97 Å². The third kappa shape index (κ3) is 3.25. The van der Waals surface area contributed by atoms with E-state index >= 15 is 0 Å². The number of para-hydroxylation sites is 2. The lowest BCUT2D eigenvalue weighted by atomic mass is 10.0. The van der Waals surface area contributed by atoms with Crippen LogP contribution in [0.5, 0.6) is 0 Å². The van der Waals surface area contributed by atoms with Gasteiger partial charge in [0.25, 0.3) is 5.91 Å². The molecular formula is C20H24N6O. The molecule has 0 unspecified atom stereocenters. The number of aromatic nitrogens is 4. The van der Waals surface area contributed by atoms with Gasteiger partial charge in [-0.2, -0.15) is 0 Å². The van der Waals surface area contributed by atoms with Gasteiger partial charge < -0.3 is 14.4 Å². The molecule has 0 bridgehead atoms. The first-order valence-corrected chi connectivity index (χ1v) is 9.26. The molecule has 3 aromatic rings. The molecule has 1 aliphatic heterocycles. The number of carbonyl (C=O) groups is 1. The van der Waals surface area contributed by atoms with Crippen molar-refractivity contribution in [2.75, 3.05) is 25.0 Å². The fraction of sp³-hybridized carbons (Fsp3) is 0.400. The van der Waals surface area contributed by atoms with Gasteiger partial charge in [-0.1, -0.05) is 12.1 Å². The second kappa shape index (κ2) is 6.98. The molecule has 0 spiro atoms. The van der Waals surface area contributed by atoms with Gasteiger partial charge in [-0.15, -0.1) is 0 Å². The summed E-state index contributed by atoms with van der Waals surface area (Å²) >= 11 is 0. The van der Waals surface area contributed by atoms with Crippen molar-refractivity contribution in [3.05, 3.63) is 48.2 Å². The zero-order valence-corrected chi connectivity index (χ0v) is 16.0. The van der Waals surface area contributed by atoms with E-state index in [-0.39, 0.29) is 11.9 Å². The topological polar surface area (TPSA) is 67.2 Å². The predicted octanol–water partition coefficient (Wildman–Crippen LogP) is 2.41. The molecular weight excluding hydrogens is 340 g/mol. The number of nitrogens with zero attached hydrogens (tertiary/aromatic N) is 6. The molecule has 0 saturated carbocycles. The van der Waals surface area contributed by atoms with E-state index in [9.17, 15) is 4.79 Å². The summed E-state index contributed by atoms with van der Waals surface area (Å²) in [6, 6.07) is 8.18. The van der Waals surface area contributed by atoms with Crippen LogP contribution in [0.3, 0.4) is 0 Å². The average molecular weight is 364 g/mol. The predicted molar refractivity (Wildman–Crippen MR) is 105 cm³/mol. The number of imidazole rings is 1. The van der Waals surface area contributed by atoms with Crippen LogP contribution in [0.2, 0.25) is 0 Å². The van der Waals surface area contributed by atoms with Crippen molar-refractivity contribution in [1.29, 1.82) is 0 Å². The summed E-state index contributed by atoms with van der Waals surface area (Å²) < 4.78 is 1.77. The standard InChI is InChI=1S/C20H24N6O/c1-14-19(23-17-7-5-4-6-16(17)22-14)26-10-8-15(9-11-26)25(3)20(27)18-12-21-13-24(18)2/h4-7,12-13,15H,8-11H2,1-3H3. The van der Waals surface area contributed by atoms with Crippen molar-refractivity contribution in [3.63, 3.8) is 0 Å². The van der Waals surface area contributed by atoms with Gasteiger partial charge in [-0.05, 0) is 31.9 Å². The molecule has 0 atom stereocenters. The van der Waals surface area contributed by atoms with Crippen LogP contribution in [0.15, 0.2) is 36.8 Å². The van der Waals surface area contributed by atoms with Gasteiger partial charge in [0.15, 0.2) is 5.82 Å². The van der Waals surface area contributed by atoms with Crippen molar-refractivity contribution in [3.8, 4) is 0 Å². The number of hydrogen-bond donors (Lipinski definition) is 0. The molecule has 27 heavy (non-hydrogen) atoms. The SMILES string of the molecule is Cc1nc2ccccc2nc1N1CCC(N(C)C(=O)c2cncn2C)CC1. The van der Waals surface area contributed by atoms with E-state index in [1.165, 1.54) is 0 Å². The highest BCUT2D eigenvalue weighted by Crippen LogP contribution is 2.25. The minimum atomic E-state index is 0.0233. The molecule has 1 fully saturated rings. The number of hydrogen-bond acceptors (Lipinski definition) is 5. The Bertz CT molecular complexity index is 974. The average Bonchev–Trinajstić information content (AvgIpc) is 3.12. The Labute approximate surface area is 158 Å². The van der Waals surface area contributed by atoms with E-state index < -0.39 is 0 Å². The Morgan fingerprint density at radius 3 is 2.44 bits per heavy atom. The van der Waals surface area contributed by atoms with E-state index in [2.05, 4.69) is 9.88 Å². The molecule has 4 rings (SSSR count). The third-order valence-corrected chi connectivity index (χ3v) is 5.39. The molecule has 2 aromatic heterocycles. The van der Waals surface area contributed by atoms with Gasteiger partial charge in [0, 0.05) is 33.2 Å². The molecule has 7 nitrogen and oxygen atoms in total. The van der Waals surface area contributed by atoms with Crippen LogP contribution in [0.1, 0.15) is 29.0 Å². The van der Waals surface area contributed by atoms with Crippen LogP contribution >= 0.6 is 0 Å². The van der Waals surface area contributed by atoms with Crippen LogP contribution in [-0.2, 0) is 7.05 Å². The van der Waals surface area contributed by atoms with Gasteiger partial charge in [-0.25, -0.2) is 15.0 Å². The number of piperidine rings is 1. The molecule has 1 aliphatic rings. The normalized spacial score (nSPS) is 15.3. The van der Waals surface area contributed by atoms with Crippen molar-refractivity contribution in [2.24, 2.45) is 7.05 Å². The number of anilines is 1. The Hall–Kier alpha value is -2.96. The lowest BCUT2D eigenvalue weighted by Gasteiger charge is -2.37. The lowest BCUT2D eigenvalue weighted by molar-refractivity contribution is 0.0699. The van der Waals surface area contributed by atoms with Gasteiger partial charge in [0.05, 0.1) is 29.3 Å². The quantitative estimate of drug-likeness (QED) is 0.714. The minimum Gasteiger partial charge on any atom is -0.355 e. The zero-order chi connectivity index (χ0) is 19.0. The first-order valence-electron chi connectivity index (χ1n) is 9.26. The van der Waals surface area contributed by atoms with Crippen LogP contribution in [0.25, 0.3) is 11.0 Å². The van der Waals surface area contributed by atoms with E-state index in [1.807, 2.05) is 50.2 Å². The third-order valence-electron chi connectivity index (χ3n) is 5.39. The largest absolute Gasteiger partial charge is 0.355 e. The van der Waals surface area contributed by atoms with Crippen LogP contribution < -0.4 is 4.90 Å². The van der Waals surface area contributed by atoms with Gasteiger partial charge >= 0.3 is 0 Å². The first kappa shape index (κ1) is 17.5. The smallest absolute Gasteiger partial charge is 0.272 e. The summed E-state index contributed by atoms with van der Waals surface area (Å²) in [4.78, 5) is 30.4. The second-order valence-electron chi connectivity index (χ2n) is 7.15. The molecule has 1 aromatic carbocycles. The van der Waals surface area contributed by atoms with Crippen molar-refractivity contribution < 1.29 is 4.79 Å². The second-order valence-corrected chi connectivity index (χ2v) is 7.15. The molecule has 0 radical (unpaired) electrons. The Balaban J connectivity index is 1.47. The number of carbonyl (C=O) groups excluding carboxylic acids is 1. The molecule has 0 aliphatic carbocycles. The minimum absolute atomic E-state index is 0.0233. The summed E-state index contributed by atoms with van der Waals surface area (Å²) in [6.07, 6.45) is 5.11. The lowest BCUT2D eigenvalue weighted by Crippen LogP contribution is -2.46. The van der Waals surface area contributed by atoms with Crippen molar-refractivity contribution in [2.45, 2.75) is 25.8 Å². The number of rotatable bonds is 3. The summed E-state index contributed by atoms with van der Waals surface area (Å²) in [6.45, 7) is 3.74. The first-order chi connectivity index (χ1) is 13.0. The maximum absolute atomic E-state index is 12.7. The summed E-state index contributed by atoms with van der Waals surface area (Å²) in [5.74, 6) is 0.975. The van der Waals surface area contributed by atoms with Crippen molar-refractivity contribution >= 4 is 22.8 Å². The molecule has 1 amide bonds. The Kier molecular flexibility index (Phi) is 4.51. The van der Waals surface area contributed by atoms with Crippen LogP contribution in [0, 0.1) is 6.92 Å². The highest BCUT2D eigenvalue weighted by atomic mass is 16.2. The summed E-state index contributed by atoms with van der Waals surface area (Å²) in [5.41, 5.74) is 3.42. The fourth-order valence-corrected chi connectivity index (χ4v) is 3.75. The van der Waals surface area contributed by atoms with E-state index in [0.29, 0.717) is 5.69 Å². The molecule has 140 valence electrons. The highest BCUT2D eigenvalue weighted by Gasteiger charge is 2.28. The summed E-state index contributed by atoms with van der Waals surface area (Å²) in [7, 11) is 3.73. The molecule has 0 N–H and O–H groups in total. The maximum Gasteiger partial charge on any atom is 0.272 e. The fourth-order valence-electron chi connectivity index (χ4n) is 3.75. The molecule has 1 saturated heterocycles. The van der Waals surface area contributed by atoms with E-state index in [1.54, 1.807) is 17.1 Å². The van der Waals surface area contributed by atoms with Gasteiger partial charge in [0.2, 0.25) is 0 Å².